The minimum atomic E-state index is -0.211. The summed E-state index contributed by atoms with van der Waals surface area (Å²) in [5, 5.41) is 8.76. The molecule has 0 aliphatic rings. The quantitative estimate of drug-likeness (QED) is 0.763. The van der Waals surface area contributed by atoms with E-state index in [1.54, 1.807) is 12.1 Å². The van der Waals surface area contributed by atoms with Gasteiger partial charge in [0.1, 0.15) is 5.82 Å². The fourth-order valence-electron chi connectivity index (χ4n) is 1.58. The van der Waals surface area contributed by atoms with Gasteiger partial charge in [0.15, 0.2) is 0 Å². The van der Waals surface area contributed by atoms with Gasteiger partial charge >= 0.3 is 0 Å². The van der Waals surface area contributed by atoms with Crippen LogP contribution >= 0.6 is 0 Å². The Morgan fingerprint density at radius 2 is 2.00 bits per heavy atom. The summed E-state index contributed by atoms with van der Waals surface area (Å²) >= 11 is 0. The standard InChI is InChI=1S/C13H17FN2/c1-3-16(9-11(2)8-15)10-12-4-6-13(14)7-5-12/h4-7,11H,3,9-10H2,1-2H3. The molecular weight excluding hydrogens is 203 g/mol. The minimum Gasteiger partial charge on any atom is -0.298 e. The van der Waals surface area contributed by atoms with Crippen LogP contribution in [0.3, 0.4) is 0 Å². The molecule has 0 aliphatic heterocycles. The van der Waals surface area contributed by atoms with Gasteiger partial charge in [0.2, 0.25) is 0 Å². The van der Waals surface area contributed by atoms with Crippen molar-refractivity contribution in [2.45, 2.75) is 20.4 Å². The van der Waals surface area contributed by atoms with Crippen molar-refractivity contribution in [1.82, 2.24) is 4.90 Å². The largest absolute Gasteiger partial charge is 0.298 e. The number of hydrogen-bond acceptors (Lipinski definition) is 2. The van der Waals surface area contributed by atoms with Gasteiger partial charge in [-0.15, -0.1) is 0 Å². The van der Waals surface area contributed by atoms with Gasteiger partial charge in [0.25, 0.3) is 0 Å². The van der Waals surface area contributed by atoms with E-state index in [2.05, 4.69) is 17.9 Å². The highest BCUT2D eigenvalue weighted by Crippen LogP contribution is 2.08. The van der Waals surface area contributed by atoms with Crippen molar-refractivity contribution in [3.63, 3.8) is 0 Å². The highest BCUT2D eigenvalue weighted by atomic mass is 19.1. The van der Waals surface area contributed by atoms with Crippen molar-refractivity contribution in [1.29, 1.82) is 5.26 Å². The molecule has 1 aromatic carbocycles. The van der Waals surface area contributed by atoms with Crippen LogP contribution in [-0.4, -0.2) is 18.0 Å². The van der Waals surface area contributed by atoms with Crippen molar-refractivity contribution in [3.05, 3.63) is 35.6 Å². The zero-order valence-electron chi connectivity index (χ0n) is 9.78. The molecular formula is C13H17FN2. The smallest absolute Gasteiger partial charge is 0.123 e. The number of rotatable bonds is 5. The lowest BCUT2D eigenvalue weighted by molar-refractivity contribution is 0.260. The number of nitrogens with zero attached hydrogens (tertiary/aromatic N) is 2. The van der Waals surface area contributed by atoms with Crippen LogP contribution in [0.25, 0.3) is 0 Å². The SMILES string of the molecule is CCN(Cc1ccc(F)cc1)CC(C)C#N. The monoisotopic (exact) mass is 220 g/mol. The fourth-order valence-corrected chi connectivity index (χ4v) is 1.58. The predicted molar refractivity (Wildman–Crippen MR) is 62.1 cm³/mol. The Morgan fingerprint density at radius 1 is 1.38 bits per heavy atom. The molecule has 0 N–H and O–H groups in total. The Bertz CT molecular complexity index is 353. The lowest BCUT2D eigenvalue weighted by Gasteiger charge is -2.21. The Kier molecular flexibility index (Phi) is 4.94. The second-order valence-corrected chi connectivity index (χ2v) is 3.98. The highest BCUT2D eigenvalue weighted by Gasteiger charge is 2.08. The van der Waals surface area contributed by atoms with E-state index >= 15 is 0 Å². The Balaban J connectivity index is 2.56. The maximum Gasteiger partial charge on any atom is 0.123 e. The molecule has 86 valence electrons. The first-order chi connectivity index (χ1) is 7.65. The van der Waals surface area contributed by atoms with Crippen LogP contribution in [-0.2, 0) is 6.54 Å². The highest BCUT2D eigenvalue weighted by molar-refractivity contribution is 5.15. The van der Waals surface area contributed by atoms with Crippen LogP contribution in [0.15, 0.2) is 24.3 Å². The molecule has 1 aromatic rings. The van der Waals surface area contributed by atoms with E-state index in [9.17, 15) is 4.39 Å². The van der Waals surface area contributed by atoms with Crippen molar-refractivity contribution in [3.8, 4) is 6.07 Å². The summed E-state index contributed by atoms with van der Waals surface area (Å²) in [5.74, 6) is -0.183. The lowest BCUT2D eigenvalue weighted by atomic mass is 10.1. The average molecular weight is 220 g/mol. The molecule has 2 nitrogen and oxygen atoms in total. The first-order valence-corrected chi connectivity index (χ1v) is 5.52. The Hall–Kier alpha value is -1.40. The maximum absolute atomic E-state index is 12.7. The Labute approximate surface area is 96.3 Å². The minimum absolute atomic E-state index is 0.0281. The van der Waals surface area contributed by atoms with Crippen molar-refractivity contribution < 1.29 is 4.39 Å². The molecule has 0 fully saturated rings. The van der Waals surface area contributed by atoms with Crippen molar-refractivity contribution in [2.24, 2.45) is 5.92 Å². The normalized spacial score (nSPS) is 12.4. The second kappa shape index (κ2) is 6.24. The van der Waals surface area contributed by atoms with Gasteiger partial charge in [0, 0.05) is 13.1 Å². The van der Waals surface area contributed by atoms with Gasteiger partial charge in [0.05, 0.1) is 12.0 Å². The van der Waals surface area contributed by atoms with Crippen LogP contribution in [0.4, 0.5) is 4.39 Å². The van der Waals surface area contributed by atoms with Crippen molar-refractivity contribution in [2.75, 3.05) is 13.1 Å². The van der Waals surface area contributed by atoms with E-state index in [1.807, 2.05) is 6.92 Å². The molecule has 0 radical (unpaired) electrons. The number of hydrogen-bond donors (Lipinski definition) is 0. The van der Waals surface area contributed by atoms with Crippen LogP contribution in [0.5, 0.6) is 0 Å². The fraction of sp³-hybridized carbons (Fsp3) is 0.462. The topological polar surface area (TPSA) is 27.0 Å². The third-order valence-corrected chi connectivity index (χ3v) is 2.52. The molecule has 16 heavy (non-hydrogen) atoms. The summed E-state index contributed by atoms with van der Waals surface area (Å²) in [5.41, 5.74) is 1.08. The molecule has 1 atom stereocenters. The van der Waals surface area contributed by atoms with E-state index in [0.717, 1.165) is 25.2 Å². The second-order valence-electron chi connectivity index (χ2n) is 3.98. The van der Waals surface area contributed by atoms with Gasteiger partial charge in [-0.05, 0) is 31.2 Å². The van der Waals surface area contributed by atoms with Gasteiger partial charge < -0.3 is 0 Å². The molecule has 0 bridgehead atoms. The first kappa shape index (κ1) is 12.7. The predicted octanol–water partition coefficient (Wildman–Crippen LogP) is 2.81. The summed E-state index contributed by atoms with van der Waals surface area (Å²) in [4.78, 5) is 2.18. The molecule has 0 saturated heterocycles. The van der Waals surface area contributed by atoms with E-state index in [-0.39, 0.29) is 11.7 Å². The van der Waals surface area contributed by atoms with Crippen LogP contribution in [0.1, 0.15) is 19.4 Å². The summed E-state index contributed by atoms with van der Waals surface area (Å²) in [6, 6.07) is 8.73. The van der Waals surface area contributed by atoms with Crippen LogP contribution < -0.4 is 0 Å². The van der Waals surface area contributed by atoms with Gasteiger partial charge in [-0.2, -0.15) is 5.26 Å². The average Bonchev–Trinajstić information content (AvgIpc) is 2.30. The molecule has 1 unspecified atom stereocenters. The van der Waals surface area contributed by atoms with Gasteiger partial charge in [-0.25, -0.2) is 4.39 Å². The Morgan fingerprint density at radius 3 is 2.50 bits per heavy atom. The van der Waals surface area contributed by atoms with E-state index in [1.165, 1.54) is 12.1 Å². The number of benzene rings is 1. The van der Waals surface area contributed by atoms with E-state index in [4.69, 9.17) is 5.26 Å². The summed E-state index contributed by atoms with van der Waals surface area (Å²) in [6.45, 7) is 6.39. The van der Waals surface area contributed by atoms with Gasteiger partial charge in [-0.3, -0.25) is 4.90 Å². The van der Waals surface area contributed by atoms with Crippen LogP contribution in [0, 0.1) is 23.1 Å². The lowest BCUT2D eigenvalue weighted by Crippen LogP contribution is -2.27. The third-order valence-electron chi connectivity index (χ3n) is 2.52. The third kappa shape index (κ3) is 4.00. The molecule has 0 spiro atoms. The number of halogens is 1. The summed E-state index contributed by atoms with van der Waals surface area (Å²) in [7, 11) is 0. The molecule has 0 heterocycles. The van der Waals surface area contributed by atoms with Crippen molar-refractivity contribution >= 4 is 0 Å². The zero-order valence-corrected chi connectivity index (χ0v) is 9.78. The van der Waals surface area contributed by atoms with E-state index < -0.39 is 0 Å². The molecule has 1 rings (SSSR count). The summed E-state index contributed by atoms with van der Waals surface area (Å²) < 4.78 is 12.7. The molecule has 0 saturated carbocycles. The zero-order chi connectivity index (χ0) is 12.0. The van der Waals surface area contributed by atoms with E-state index in [0.29, 0.717) is 0 Å². The molecule has 0 aliphatic carbocycles. The van der Waals surface area contributed by atoms with Gasteiger partial charge in [-0.1, -0.05) is 19.1 Å². The molecule has 0 amide bonds. The first-order valence-electron chi connectivity index (χ1n) is 5.52. The molecule has 3 heteroatoms. The molecule has 0 aromatic heterocycles. The summed E-state index contributed by atoms with van der Waals surface area (Å²) in [6.07, 6.45) is 0. The maximum atomic E-state index is 12.7. The number of nitriles is 1. The van der Waals surface area contributed by atoms with Crippen LogP contribution in [0.2, 0.25) is 0 Å².